The zero-order valence-electron chi connectivity index (χ0n) is 16.4. The van der Waals surface area contributed by atoms with Gasteiger partial charge in [-0.1, -0.05) is 42.5 Å². The standard InChI is InChI=1S/C23H21NO5/c1-27-19-13-16(14-20(28-2)22(19)29-3)23(26)24-18-12-8-7-11-17(18)21(25)15-9-5-4-6-10-15/h4-14H,1-3H3,(H,24,26). The average Bonchev–Trinajstić information content (AvgIpc) is 2.78. The molecule has 0 aliphatic rings. The maximum absolute atomic E-state index is 12.9. The van der Waals surface area contributed by atoms with Crippen LogP contribution >= 0.6 is 0 Å². The number of ether oxygens (including phenoxy) is 3. The predicted molar refractivity (Wildman–Crippen MR) is 110 cm³/mol. The molecule has 0 fully saturated rings. The van der Waals surface area contributed by atoms with E-state index in [0.29, 0.717) is 39.6 Å². The second-order valence-electron chi connectivity index (χ2n) is 6.11. The van der Waals surface area contributed by atoms with Gasteiger partial charge in [0, 0.05) is 16.7 Å². The summed E-state index contributed by atoms with van der Waals surface area (Å²) in [4.78, 5) is 25.7. The Hall–Kier alpha value is -3.80. The molecule has 3 aromatic carbocycles. The van der Waals surface area contributed by atoms with Crippen LogP contribution in [0.2, 0.25) is 0 Å². The Morgan fingerprint density at radius 1 is 0.724 bits per heavy atom. The van der Waals surface area contributed by atoms with Gasteiger partial charge < -0.3 is 19.5 Å². The molecule has 29 heavy (non-hydrogen) atoms. The van der Waals surface area contributed by atoms with Crippen molar-refractivity contribution in [2.45, 2.75) is 0 Å². The zero-order chi connectivity index (χ0) is 20.8. The van der Waals surface area contributed by atoms with Gasteiger partial charge in [-0.3, -0.25) is 9.59 Å². The predicted octanol–water partition coefficient (Wildman–Crippen LogP) is 4.20. The molecular formula is C23H21NO5. The number of ketones is 1. The number of carbonyl (C=O) groups is 2. The SMILES string of the molecule is COc1cc(C(=O)Nc2ccccc2C(=O)c2ccccc2)cc(OC)c1OC. The van der Waals surface area contributed by atoms with E-state index in [1.165, 1.54) is 21.3 Å². The number of hydrogen-bond acceptors (Lipinski definition) is 5. The average molecular weight is 391 g/mol. The maximum atomic E-state index is 12.9. The summed E-state index contributed by atoms with van der Waals surface area (Å²) < 4.78 is 15.9. The first kappa shape index (κ1) is 19.9. The number of hydrogen-bond donors (Lipinski definition) is 1. The van der Waals surface area contributed by atoms with Gasteiger partial charge in [-0.05, 0) is 24.3 Å². The number of nitrogens with one attached hydrogen (secondary N) is 1. The summed E-state index contributed by atoms with van der Waals surface area (Å²) in [6.07, 6.45) is 0. The van der Waals surface area contributed by atoms with Crippen molar-refractivity contribution in [2.75, 3.05) is 26.6 Å². The molecule has 0 aromatic heterocycles. The van der Waals surface area contributed by atoms with Gasteiger partial charge in [-0.2, -0.15) is 0 Å². The Balaban J connectivity index is 1.94. The summed E-state index contributed by atoms with van der Waals surface area (Å²) in [5, 5.41) is 2.81. The molecule has 0 bridgehead atoms. The molecule has 6 nitrogen and oxygen atoms in total. The van der Waals surface area contributed by atoms with Crippen molar-refractivity contribution in [3.63, 3.8) is 0 Å². The maximum Gasteiger partial charge on any atom is 0.255 e. The highest BCUT2D eigenvalue weighted by Gasteiger charge is 2.19. The van der Waals surface area contributed by atoms with Gasteiger partial charge in [0.1, 0.15) is 0 Å². The number of carbonyl (C=O) groups excluding carboxylic acids is 2. The monoisotopic (exact) mass is 391 g/mol. The molecule has 0 heterocycles. The molecule has 0 aliphatic heterocycles. The van der Waals surface area contributed by atoms with Gasteiger partial charge in [0.15, 0.2) is 17.3 Å². The third kappa shape index (κ3) is 4.21. The number of amides is 1. The number of methoxy groups -OCH3 is 3. The van der Waals surface area contributed by atoms with Crippen LogP contribution in [0.3, 0.4) is 0 Å². The molecule has 0 atom stereocenters. The van der Waals surface area contributed by atoms with Gasteiger partial charge in [-0.15, -0.1) is 0 Å². The summed E-state index contributed by atoms with van der Waals surface area (Å²) >= 11 is 0. The lowest BCUT2D eigenvalue weighted by molar-refractivity contribution is 0.102. The fourth-order valence-electron chi connectivity index (χ4n) is 2.94. The Bertz CT molecular complexity index is 1010. The van der Waals surface area contributed by atoms with Crippen LogP contribution in [0.1, 0.15) is 26.3 Å². The fraction of sp³-hybridized carbons (Fsp3) is 0.130. The van der Waals surface area contributed by atoms with E-state index in [1.54, 1.807) is 60.7 Å². The van der Waals surface area contributed by atoms with E-state index >= 15 is 0 Å². The molecule has 3 rings (SSSR count). The van der Waals surface area contributed by atoms with Crippen molar-refractivity contribution < 1.29 is 23.8 Å². The largest absolute Gasteiger partial charge is 0.493 e. The number of para-hydroxylation sites is 1. The van der Waals surface area contributed by atoms with Crippen molar-refractivity contribution >= 4 is 17.4 Å². The van der Waals surface area contributed by atoms with Crippen molar-refractivity contribution in [3.8, 4) is 17.2 Å². The van der Waals surface area contributed by atoms with Crippen molar-refractivity contribution in [1.29, 1.82) is 0 Å². The van der Waals surface area contributed by atoms with Crippen LogP contribution in [-0.2, 0) is 0 Å². The number of benzene rings is 3. The highest BCUT2D eigenvalue weighted by Crippen LogP contribution is 2.38. The molecule has 6 heteroatoms. The second-order valence-corrected chi connectivity index (χ2v) is 6.11. The smallest absolute Gasteiger partial charge is 0.255 e. The van der Waals surface area contributed by atoms with Gasteiger partial charge in [-0.25, -0.2) is 0 Å². The van der Waals surface area contributed by atoms with Crippen LogP contribution in [0.4, 0.5) is 5.69 Å². The van der Waals surface area contributed by atoms with E-state index in [2.05, 4.69) is 5.32 Å². The molecule has 0 saturated carbocycles. The Kier molecular flexibility index (Phi) is 6.14. The Morgan fingerprint density at radius 3 is 1.90 bits per heavy atom. The topological polar surface area (TPSA) is 73.9 Å². The van der Waals surface area contributed by atoms with Crippen LogP contribution in [0.15, 0.2) is 66.7 Å². The molecule has 0 aliphatic carbocycles. The van der Waals surface area contributed by atoms with Crippen molar-refractivity contribution in [2.24, 2.45) is 0 Å². The van der Waals surface area contributed by atoms with Crippen LogP contribution in [0, 0.1) is 0 Å². The molecule has 3 aromatic rings. The first-order chi connectivity index (χ1) is 14.1. The lowest BCUT2D eigenvalue weighted by Gasteiger charge is -2.15. The van der Waals surface area contributed by atoms with Gasteiger partial charge >= 0.3 is 0 Å². The molecule has 0 unspecified atom stereocenters. The summed E-state index contributed by atoms with van der Waals surface area (Å²) in [6, 6.07) is 18.9. The quantitative estimate of drug-likeness (QED) is 0.611. The van der Waals surface area contributed by atoms with E-state index in [1.807, 2.05) is 6.07 Å². The minimum absolute atomic E-state index is 0.175. The van der Waals surface area contributed by atoms with Gasteiger partial charge in [0.05, 0.1) is 27.0 Å². The fourth-order valence-corrected chi connectivity index (χ4v) is 2.94. The lowest BCUT2D eigenvalue weighted by Crippen LogP contribution is -2.15. The van der Waals surface area contributed by atoms with Crippen LogP contribution in [0.5, 0.6) is 17.2 Å². The first-order valence-corrected chi connectivity index (χ1v) is 8.89. The first-order valence-electron chi connectivity index (χ1n) is 8.89. The Morgan fingerprint density at radius 2 is 1.31 bits per heavy atom. The molecule has 1 amide bonds. The molecule has 1 N–H and O–H groups in total. The van der Waals surface area contributed by atoms with E-state index in [0.717, 1.165) is 0 Å². The van der Waals surface area contributed by atoms with E-state index in [-0.39, 0.29) is 5.78 Å². The normalized spacial score (nSPS) is 10.2. The zero-order valence-corrected chi connectivity index (χ0v) is 16.4. The van der Waals surface area contributed by atoms with Gasteiger partial charge in [0.2, 0.25) is 5.75 Å². The molecule has 0 radical (unpaired) electrons. The van der Waals surface area contributed by atoms with Crippen LogP contribution in [-0.4, -0.2) is 33.0 Å². The van der Waals surface area contributed by atoms with Crippen LogP contribution < -0.4 is 19.5 Å². The molecule has 0 saturated heterocycles. The van der Waals surface area contributed by atoms with Crippen molar-refractivity contribution in [1.82, 2.24) is 0 Å². The van der Waals surface area contributed by atoms with Crippen LogP contribution in [0.25, 0.3) is 0 Å². The highest BCUT2D eigenvalue weighted by molar-refractivity contribution is 6.15. The minimum atomic E-state index is -0.405. The number of anilines is 1. The minimum Gasteiger partial charge on any atom is -0.493 e. The van der Waals surface area contributed by atoms with E-state index in [9.17, 15) is 9.59 Å². The number of rotatable bonds is 7. The highest BCUT2D eigenvalue weighted by atomic mass is 16.5. The van der Waals surface area contributed by atoms with Crippen molar-refractivity contribution in [3.05, 3.63) is 83.4 Å². The summed E-state index contributed by atoms with van der Waals surface area (Å²) in [7, 11) is 4.45. The van der Waals surface area contributed by atoms with E-state index in [4.69, 9.17) is 14.2 Å². The molecule has 0 spiro atoms. The third-order valence-electron chi connectivity index (χ3n) is 4.38. The summed E-state index contributed by atoms with van der Waals surface area (Å²) in [5.41, 5.74) is 1.67. The Labute approximate surface area is 169 Å². The second kappa shape index (κ2) is 8.93. The van der Waals surface area contributed by atoms with Gasteiger partial charge in [0.25, 0.3) is 5.91 Å². The summed E-state index contributed by atoms with van der Waals surface area (Å²) in [5.74, 6) is 0.548. The van der Waals surface area contributed by atoms with E-state index < -0.39 is 5.91 Å². The molecular weight excluding hydrogens is 370 g/mol. The molecule has 148 valence electrons. The third-order valence-corrected chi connectivity index (χ3v) is 4.38. The summed E-state index contributed by atoms with van der Waals surface area (Å²) in [6.45, 7) is 0. The lowest BCUT2D eigenvalue weighted by atomic mass is 10.0.